The van der Waals surface area contributed by atoms with Crippen LogP contribution in [0, 0.1) is 0 Å². The summed E-state index contributed by atoms with van der Waals surface area (Å²) >= 11 is 1.51. The molecule has 2 N–H and O–H groups in total. The Morgan fingerprint density at radius 2 is 1.96 bits per heavy atom. The van der Waals surface area contributed by atoms with Gasteiger partial charge in [0.1, 0.15) is 5.56 Å². The maximum atomic E-state index is 12.4. The molecule has 0 spiro atoms. The molecule has 0 radical (unpaired) electrons. The molecule has 7 nitrogen and oxygen atoms in total. The lowest BCUT2D eigenvalue weighted by Gasteiger charge is -2.12. The molecular formula is C20H22N2O5S. The number of rotatable bonds is 6. The molecule has 148 valence electrons. The number of aryl methyl sites for hydroxylation is 2. The first-order chi connectivity index (χ1) is 13.5. The Kier molecular flexibility index (Phi) is 6.30. The molecule has 1 aromatic carbocycles. The Bertz CT molecular complexity index is 896. The fourth-order valence-electron chi connectivity index (χ4n) is 3.27. The lowest BCUT2D eigenvalue weighted by atomic mass is 10.1. The predicted octanol–water partition coefficient (Wildman–Crippen LogP) is 3.50. The molecule has 28 heavy (non-hydrogen) atoms. The summed E-state index contributed by atoms with van der Waals surface area (Å²) in [7, 11) is 2.80. The summed E-state index contributed by atoms with van der Waals surface area (Å²) in [6, 6.07) is 5.08. The van der Waals surface area contributed by atoms with E-state index in [0.29, 0.717) is 16.2 Å². The fourth-order valence-corrected chi connectivity index (χ4v) is 4.41. The number of nitrogens with one attached hydrogen (secondary N) is 1. The highest BCUT2D eigenvalue weighted by Crippen LogP contribution is 2.33. The molecule has 0 bridgehead atoms. The van der Waals surface area contributed by atoms with E-state index in [9.17, 15) is 14.7 Å². The van der Waals surface area contributed by atoms with Gasteiger partial charge >= 0.3 is 5.97 Å². The summed E-state index contributed by atoms with van der Waals surface area (Å²) in [5, 5.41) is 13.5. The first kappa shape index (κ1) is 19.9. The Morgan fingerprint density at radius 1 is 1.18 bits per heavy atom. The van der Waals surface area contributed by atoms with Crippen molar-refractivity contribution in [3.63, 3.8) is 0 Å². The minimum absolute atomic E-state index is 0.0808. The first-order valence-corrected chi connectivity index (χ1v) is 9.80. The van der Waals surface area contributed by atoms with Gasteiger partial charge in [0.25, 0.3) is 5.91 Å². The van der Waals surface area contributed by atoms with Gasteiger partial charge in [-0.05, 0) is 49.4 Å². The van der Waals surface area contributed by atoms with E-state index in [4.69, 9.17) is 9.47 Å². The third-order valence-corrected chi connectivity index (χ3v) is 5.87. The van der Waals surface area contributed by atoms with E-state index in [0.717, 1.165) is 25.7 Å². The Morgan fingerprint density at radius 3 is 2.68 bits per heavy atom. The quantitative estimate of drug-likeness (QED) is 0.438. The number of hydrogen-bond donors (Lipinski definition) is 2. The number of carboxylic acid groups (broad SMARTS) is 1. The summed E-state index contributed by atoms with van der Waals surface area (Å²) in [6.07, 6.45) is 6.86. The monoisotopic (exact) mass is 402 g/mol. The Hall–Kier alpha value is -2.87. The molecule has 0 atom stereocenters. The molecule has 1 heterocycles. The van der Waals surface area contributed by atoms with Crippen LogP contribution in [0.25, 0.3) is 0 Å². The van der Waals surface area contributed by atoms with Crippen LogP contribution in [-0.4, -0.2) is 37.4 Å². The number of nitrogens with zero attached hydrogens (tertiary/aromatic N) is 1. The average Bonchev–Trinajstić information content (AvgIpc) is 2.97. The largest absolute Gasteiger partial charge is 0.493 e. The third-order valence-electron chi connectivity index (χ3n) is 4.63. The molecule has 1 aliphatic rings. The molecule has 1 aliphatic carbocycles. The van der Waals surface area contributed by atoms with Gasteiger partial charge in [-0.15, -0.1) is 11.3 Å². The van der Waals surface area contributed by atoms with Crippen LogP contribution < -0.4 is 14.9 Å². The molecule has 3 rings (SSSR count). The molecule has 0 saturated heterocycles. The van der Waals surface area contributed by atoms with Crippen LogP contribution in [0.5, 0.6) is 11.5 Å². The molecular weight excluding hydrogens is 380 g/mol. The standard InChI is InChI=1S/C20H22N2O5S/c1-26-14-9-8-13(17(20(24)25)18(14)27-2)11-21-22-19(23)16-10-12-6-4-3-5-7-15(12)28-16/h8-11H,3-7H2,1-2H3,(H,22,23)(H,24,25)/b21-11-. The maximum Gasteiger partial charge on any atom is 0.340 e. The number of methoxy groups -OCH3 is 2. The lowest BCUT2D eigenvalue weighted by molar-refractivity contribution is 0.0692. The number of aromatic carboxylic acids is 1. The van der Waals surface area contributed by atoms with Crippen LogP contribution >= 0.6 is 11.3 Å². The number of thiophene rings is 1. The normalized spacial score (nSPS) is 13.6. The summed E-state index contributed by atoms with van der Waals surface area (Å²) in [5.41, 5.74) is 3.95. The van der Waals surface area contributed by atoms with E-state index >= 15 is 0 Å². The minimum Gasteiger partial charge on any atom is -0.493 e. The maximum absolute atomic E-state index is 12.4. The second-order valence-corrected chi connectivity index (χ2v) is 7.53. The van der Waals surface area contributed by atoms with Gasteiger partial charge in [0.2, 0.25) is 0 Å². The van der Waals surface area contributed by atoms with Crippen LogP contribution in [0.3, 0.4) is 0 Å². The number of fused-ring (bicyclic) bond motifs is 1. The van der Waals surface area contributed by atoms with Gasteiger partial charge in [0.05, 0.1) is 25.3 Å². The molecule has 0 unspecified atom stereocenters. The molecule has 0 saturated carbocycles. The van der Waals surface area contributed by atoms with Crippen molar-refractivity contribution in [1.82, 2.24) is 5.43 Å². The average molecular weight is 402 g/mol. The number of ether oxygens (including phenoxy) is 2. The van der Waals surface area contributed by atoms with Crippen LogP contribution in [0.1, 0.15) is 55.3 Å². The number of hydrazone groups is 1. The SMILES string of the molecule is COc1ccc(/C=N\NC(=O)c2cc3c(s2)CCCCC3)c(C(=O)O)c1OC. The zero-order valence-electron chi connectivity index (χ0n) is 15.8. The first-order valence-electron chi connectivity index (χ1n) is 8.98. The van der Waals surface area contributed by atoms with Crippen molar-refractivity contribution in [2.45, 2.75) is 32.1 Å². The molecule has 1 amide bonds. The van der Waals surface area contributed by atoms with Crippen molar-refractivity contribution in [1.29, 1.82) is 0 Å². The summed E-state index contributed by atoms with van der Waals surface area (Å²) < 4.78 is 10.3. The molecule has 0 aliphatic heterocycles. The second-order valence-electron chi connectivity index (χ2n) is 6.39. The van der Waals surface area contributed by atoms with Crippen LogP contribution in [-0.2, 0) is 12.8 Å². The smallest absolute Gasteiger partial charge is 0.340 e. The van der Waals surface area contributed by atoms with Crippen molar-refractivity contribution < 1.29 is 24.2 Å². The van der Waals surface area contributed by atoms with Crippen molar-refractivity contribution >= 4 is 29.4 Å². The number of carbonyl (C=O) groups excluding carboxylic acids is 1. The number of benzene rings is 1. The third kappa shape index (κ3) is 4.17. The van der Waals surface area contributed by atoms with Crippen molar-refractivity contribution in [3.05, 3.63) is 44.6 Å². The highest BCUT2D eigenvalue weighted by molar-refractivity contribution is 7.14. The number of amides is 1. The topological polar surface area (TPSA) is 97.2 Å². The zero-order valence-corrected chi connectivity index (χ0v) is 16.6. The number of carboxylic acids is 1. The van der Waals surface area contributed by atoms with Gasteiger partial charge in [-0.25, -0.2) is 10.2 Å². The highest BCUT2D eigenvalue weighted by Gasteiger charge is 2.20. The minimum atomic E-state index is -1.18. The van der Waals surface area contributed by atoms with E-state index < -0.39 is 5.97 Å². The van der Waals surface area contributed by atoms with Crippen molar-refractivity contribution in [2.75, 3.05) is 14.2 Å². The van der Waals surface area contributed by atoms with Crippen molar-refractivity contribution in [3.8, 4) is 11.5 Å². The van der Waals surface area contributed by atoms with Crippen LogP contribution in [0.4, 0.5) is 0 Å². The molecule has 1 aromatic heterocycles. The van der Waals surface area contributed by atoms with Crippen molar-refractivity contribution in [2.24, 2.45) is 5.10 Å². The van der Waals surface area contributed by atoms with Gasteiger partial charge in [0, 0.05) is 10.4 Å². The van der Waals surface area contributed by atoms with Gasteiger partial charge < -0.3 is 14.6 Å². The van der Waals surface area contributed by atoms with E-state index in [1.807, 2.05) is 6.07 Å². The summed E-state index contributed by atoms with van der Waals surface area (Å²) in [5.74, 6) is -1.06. The van der Waals surface area contributed by atoms with Gasteiger partial charge in [-0.3, -0.25) is 4.79 Å². The molecule has 0 fully saturated rings. The lowest BCUT2D eigenvalue weighted by Crippen LogP contribution is -2.16. The zero-order chi connectivity index (χ0) is 20.1. The fraction of sp³-hybridized carbons (Fsp3) is 0.350. The predicted molar refractivity (Wildman–Crippen MR) is 107 cm³/mol. The van der Waals surface area contributed by atoms with Crippen LogP contribution in [0.15, 0.2) is 23.3 Å². The number of hydrogen-bond acceptors (Lipinski definition) is 6. The van der Waals surface area contributed by atoms with E-state index in [2.05, 4.69) is 10.5 Å². The van der Waals surface area contributed by atoms with Gasteiger partial charge in [-0.1, -0.05) is 6.42 Å². The molecule has 2 aromatic rings. The highest BCUT2D eigenvalue weighted by atomic mass is 32.1. The number of carbonyl (C=O) groups is 2. The Labute approximate surface area is 167 Å². The van der Waals surface area contributed by atoms with E-state index in [-0.39, 0.29) is 17.2 Å². The second kappa shape index (κ2) is 8.88. The van der Waals surface area contributed by atoms with Gasteiger partial charge in [-0.2, -0.15) is 5.10 Å². The molecule has 8 heteroatoms. The van der Waals surface area contributed by atoms with E-state index in [1.54, 1.807) is 12.1 Å². The summed E-state index contributed by atoms with van der Waals surface area (Å²) in [6.45, 7) is 0. The summed E-state index contributed by atoms with van der Waals surface area (Å²) in [4.78, 5) is 25.9. The Balaban J connectivity index is 1.77. The van der Waals surface area contributed by atoms with E-state index in [1.165, 1.54) is 48.6 Å². The van der Waals surface area contributed by atoms with Gasteiger partial charge in [0.15, 0.2) is 11.5 Å². The van der Waals surface area contributed by atoms with Crippen LogP contribution in [0.2, 0.25) is 0 Å².